The minimum absolute atomic E-state index is 0.606. The molecule has 0 aliphatic carbocycles. The Morgan fingerprint density at radius 1 is 0.739 bits per heavy atom. The van der Waals surface area contributed by atoms with E-state index in [4.69, 9.17) is 18.9 Å². The Morgan fingerprint density at radius 2 is 1.39 bits per heavy atom. The summed E-state index contributed by atoms with van der Waals surface area (Å²) in [6.07, 6.45) is 4.01. The smallest absolute Gasteiger partial charge is 0.161 e. The van der Waals surface area contributed by atoms with Crippen molar-refractivity contribution in [2.24, 2.45) is 0 Å². The van der Waals surface area contributed by atoms with Crippen molar-refractivity contribution in [1.82, 2.24) is 0 Å². The van der Waals surface area contributed by atoms with Crippen LogP contribution in [0.2, 0.25) is 0 Å². The Balaban J connectivity index is 2.26. The van der Waals surface area contributed by atoms with Crippen molar-refractivity contribution in [1.29, 1.82) is 0 Å². The van der Waals surface area contributed by atoms with E-state index in [0.717, 1.165) is 34.1 Å². The lowest BCUT2D eigenvalue weighted by Crippen LogP contribution is -1.95. The number of hydrogen-bond donors (Lipinski definition) is 0. The normalized spacial score (nSPS) is 10.6. The first-order valence-corrected chi connectivity index (χ1v) is 7.42. The van der Waals surface area contributed by atoms with E-state index in [2.05, 4.69) is 0 Å². The highest BCUT2D eigenvalue weighted by molar-refractivity contribution is 5.72. The van der Waals surface area contributed by atoms with Gasteiger partial charge in [0.2, 0.25) is 0 Å². The van der Waals surface area contributed by atoms with E-state index in [9.17, 15) is 0 Å². The summed E-state index contributed by atoms with van der Waals surface area (Å²) in [6.45, 7) is 2.55. The molecule has 0 unspecified atom stereocenters. The van der Waals surface area contributed by atoms with E-state index in [1.165, 1.54) is 0 Å². The molecule has 0 atom stereocenters. The van der Waals surface area contributed by atoms with Gasteiger partial charge in [-0.05, 0) is 42.3 Å². The molecule has 2 aromatic rings. The van der Waals surface area contributed by atoms with E-state index in [-0.39, 0.29) is 0 Å². The molecule has 0 spiro atoms. The topological polar surface area (TPSA) is 36.9 Å². The number of rotatable bonds is 7. The van der Waals surface area contributed by atoms with Gasteiger partial charge in [-0.25, -0.2) is 0 Å². The molecule has 4 nitrogen and oxygen atoms in total. The van der Waals surface area contributed by atoms with Gasteiger partial charge >= 0.3 is 0 Å². The molecule has 0 N–H and O–H groups in total. The molecule has 0 aromatic heterocycles. The zero-order chi connectivity index (χ0) is 16.7. The van der Waals surface area contributed by atoms with Gasteiger partial charge in [0.1, 0.15) is 11.5 Å². The molecule has 122 valence electrons. The van der Waals surface area contributed by atoms with Crippen LogP contribution in [-0.4, -0.2) is 27.9 Å². The Labute approximate surface area is 137 Å². The fourth-order valence-corrected chi connectivity index (χ4v) is 2.18. The molecule has 0 aliphatic heterocycles. The Bertz CT molecular complexity index is 655. The monoisotopic (exact) mass is 314 g/mol. The summed E-state index contributed by atoms with van der Waals surface area (Å²) in [7, 11) is 4.91. The molecule has 0 aliphatic rings. The number of hydrogen-bond acceptors (Lipinski definition) is 4. The zero-order valence-electron chi connectivity index (χ0n) is 14.0. The van der Waals surface area contributed by atoms with Crippen LogP contribution in [0.1, 0.15) is 18.1 Å². The molecule has 4 heteroatoms. The summed E-state index contributed by atoms with van der Waals surface area (Å²) >= 11 is 0. The van der Waals surface area contributed by atoms with E-state index in [1.54, 1.807) is 21.3 Å². The van der Waals surface area contributed by atoms with Gasteiger partial charge in [-0.15, -0.1) is 0 Å². The maximum atomic E-state index is 5.52. The Kier molecular flexibility index (Phi) is 5.92. The first-order valence-electron chi connectivity index (χ1n) is 7.42. The van der Waals surface area contributed by atoms with Crippen LogP contribution >= 0.6 is 0 Å². The average Bonchev–Trinajstić information content (AvgIpc) is 2.60. The van der Waals surface area contributed by atoms with Crippen molar-refractivity contribution >= 4 is 12.2 Å². The zero-order valence-corrected chi connectivity index (χ0v) is 14.0. The van der Waals surface area contributed by atoms with Crippen molar-refractivity contribution in [3.63, 3.8) is 0 Å². The molecule has 2 rings (SSSR count). The Morgan fingerprint density at radius 3 is 1.96 bits per heavy atom. The largest absolute Gasteiger partial charge is 0.497 e. The predicted molar refractivity (Wildman–Crippen MR) is 92.6 cm³/mol. The van der Waals surface area contributed by atoms with Crippen molar-refractivity contribution in [3.8, 4) is 23.0 Å². The molecule has 0 bridgehead atoms. The maximum absolute atomic E-state index is 5.52. The van der Waals surface area contributed by atoms with Crippen molar-refractivity contribution in [3.05, 3.63) is 47.5 Å². The highest BCUT2D eigenvalue weighted by atomic mass is 16.5. The fourth-order valence-electron chi connectivity index (χ4n) is 2.18. The minimum Gasteiger partial charge on any atom is -0.497 e. The molecule has 0 saturated carbocycles. The molecule has 0 saturated heterocycles. The lowest BCUT2D eigenvalue weighted by Gasteiger charge is -2.09. The van der Waals surface area contributed by atoms with Crippen LogP contribution in [0.15, 0.2) is 36.4 Å². The number of methoxy groups -OCH3 is 3. The number of ether oxygens (including phenoxy) is 4. The average molecular weight is 314 g/mol. The van der Waals surface area contributed by atoms with Gasteiger partial charge in [-0.3, -0.25) is 0 Å². The van der Waals surface area contributed by atoms with Gasteiger partial charge in [-0.2, -0.15) is 0 Å². The molecule has 0 heterocycles. The first-order chi connectivity index (χ1) is 11.2. The molecular formula is C19H22O4. The summed E-state index contributed by atoms with van der Waals surface area (Å²) in [5, 5.41) is 0. The van der Waals surface area contributed by atoms with Crippen LogP contribution in [0.5, 0.6) is 23.0 Å². The van der Waals surface area contributed by atoms with E-state index in [1.807, 2.05) is 55.5 Å². The second-order valence-corrected chi connectivity index (χ2v) is 4.82. The summed E-state index contributed by atoms with van der Waals surface area (Å²) in [5.41, 5.74) is 2.01. The predicted octanol–water partition coefficient (Wildman–Crippen LogP) is 4.28. The summed E-state index contributed by atoms with van der Waals surface area (Å²) in [5.74, 6) is 2.98. The van der Waals surface area contributed by atoms with Crippen LogP contribution in [-0.2, 0) is 0 Å². The third-order valence-corrected chi connectivity index (χ3v) is 3.33. The van der Waals surface area contributed by atoms with Gasteiger partial charge < -0.3 is 18.9 Å². The van der Waals surface area contributed by atoms with Crippen LogP contribution in [0, 0.1) is 0 Å². The third-order valence-electron chi connectivity index (χ3n) is 3.33. The SMILES string of the molecule is CCOc1ccc(/C=C/c2cc(OC)cc(OC)c2)cc1OC. The molecule has 2 aromatic carbocycles. The molecule has 23 heavy (non-hydrogen) atoms. The van der Waals surface area contributed by atoms with Crippen LogP contribution in [0.4, 0.5) is 0 Å². The van der Waals surface area contributed by atoms with Gasteiger partial charge in [0.15, 0.2) is 11.5 Å². The quantitative estimate of drug-likeness (QED) is 0.715. The van der Waals surface area contributed by atoms with E-state index >= 15 is 0 Å². The van der Waals surface area contributed by atoms with E-state index in [0.29, 0.717) is 6.61 Å². The minimum atomic E-state index is 0.606. The highest BCUT2D eigenvalue weighted by Crippen LogP contribution is 2.29. The van der Waals surface area contributed by atoms with Crippen molar-refractivity contribution in [2.45, 2.75) is 6.92 Å². The second kappa shape index (κ2) is 8.13. The molecule has 0 fully saturated rings. The highest BCUT2D eigenvalue weighted by Gasteiger charge is 2.04. The van der Waals surface area contributed by atoms with Gasteiger partial charge in [0, 0.05) is 6.07 Å². The Hall–Kier alpha value is -2.62. The van der Waals surface area contributed by atoms with E-state index < -0.39 is 0 Å². The van der Waals surface area contributed by atoms with Crippen LogP contribution < -0.4 is 18.9 Å². The summed E-state index contributed by atoms with van der Waals surface area (Å²) in [4.78, 5) is 0. The summed E-state index contributed by atoms with van der Waals surface area (Å²) < 4.78 is 21.4. The maximum Gasteiger partial charge on any atom is 0.161 e. The van der Waals surface area contributed by atoms with Crippen molar-refractivity contribution < 1.29 is 18.9 Å². The van der Waals surface area contributed by atoms with Gasteiger partial charge in [0.25, 0.3) is 0 Å². The van der Waals surface area contributed by atoms with Gasteiger partial charge in [-0.1, -0.05) is 18.2 Å². The van der Waals surface area contributed by atoms with Crippen molar-refractivity contribution in [2.75, 3.05) is 27.9 Å². The van der Waals surface area contributed by atoms with Crippen LogP contribution in [0.25, 0.3) is 12.2 Å². The molecule has 0 radical (unpaired) electrons. The standard InChI is InChI=1S/C19H22O4/c1-5-23-18-9-8-14(12-19(18)22-4)6-7-15-10-16(20-2)13-17(11-15)21-3/h6-13H,5H2,1-4H3/b7-6+. The third kappa shape index (κ3) is 4.42. The lowest BCUT2D eigenvalue weighted by atomic mass is 10.1. The first kappa shape index (κ1) is 16.7. The van der Waals surface area contributed by atoms with Crippen LogP contribution in [0.3, 0.4) is 0 Å². The number of benzene rings is 2. The molecule has 0 amide bonds. The fraction of sp³-hybridized carbons (Fsp3) is 0.263. The van der Waals surface area contributed by atoms with Gasteiger partial charge in [0.05, 0.1) is 27.9 Å². The second-order valence-electron chi connectivity index (χ2n) is 4.82. The molecular weight excluding hydrogens is 292 g/mol. The summed E-state index contributed by atoms with van der Waals surface area (Å²) in [6, 6.07) is 11.6. The lowest BCUT2D eigenvalue weighted by molar-refractivity contribution is 0.311.